The number of hydrogen-bond acceptors (Lipinski definition) is 4. The molecule has 0 aromatic heterocycles. The highest BCUT2D eigenvalue weighted by molar-refractivity contribution is 5.94. The van der Waals surface area contributed by atoms with Gasteiger partial charge in [-0.15, -0.1) is 12.4 Å². The smallest absolute Gasteiger partial charge is 0.240 e. The van der Waals surface area contributed by atoms with Crippen LogP contribution in [0.3, 0.4) is 0 Å². The Morgan fingerprint density at radius 3 is 2.82 bits per heavy atom. The molecule has 0 radical (unpaired) electrons. The summed E-state index contributed by atoms with van der Waals surface area (Å²) in [5, 5.41) is 2.77. The number of carbonyl (C=O) groups excluding carboxylic acids is 2. The summed E-state index contributed by atoms with van der Waals surface area (Å²) >= 11 is 0. The maximum absolute atomic E-state index is 11.6. The van der Waals surface area contributed by atoms with E-state index in [4.69, 9.17) is 11.5 Å². The lowest BCUT2D eigenvalue weighted by molar-refractivity contribution is -0.122. The Hall–Kier alpha value is -1.63. The molecule has 1 saturated heterocycles. The molecule has 7 heteroatoms. The first-order chi connectivity index (χ1) is 9.97. The molecule has 1 aliphatic rings. The van der Waals surface area contributed by atoms with Crippen molar-refractivity contribution in [2.24, 2.45) is 11.5 Å². The molecule has 2 amide bonds. The summed E-state index contributed by atoms with van der Waals surface area (Å²) in [6.07, 6.45) is 1.80. The molecule has 0 spiro atoms. The molecule has 0 bridgehead atoms. The number of anilines is 1. The van der Waals surface area contributed by atoms with Crippen LogP contribution in [0.25, 0.3) is 0 Å². The molecule has 1 aromatic carbocycles. The number of rotatable bonds is 5. The fourth-order valence-corrected chi connectivity index (χ4v) is 2.58. The number of halogens is 1. The number of primary amides is 1. The van der Waals surface area contributed by atoms with Crippen molar-refractivity contribution in [1.29, 1.82) is 0 Å². The SMILES string of the molecule is CC(N)C(=O)Nc1cccc(CN2CCCC2C(N)=O)c1.Cl. The average Bonchev–Trinajstić information content (AvgIpc) is 2.87. The van der Waals surface area contributed by atoms with Gasteiger partial charge in [0.25, 0.3) is 0 Å². The van der Waals surface area contributed by atoms with Crippen molar-refractivity contribution in [2.45, 2.75) is 38.4 Å². The number of nitrogens with one attached hydrogen (secondary N) is 1. The Kier molecular flexibility index (Phi) is 6.80. The van der Waals surface area contributed by atoms with Crippen LogP contribution in [-0.4, -0.2) is 35.3 Å². The molecule has 5 N–H and O–H groups in total. The van der Waals surface area contributed by atoms with Gasteiger partial charge in [0.1, 0.15) is 0 Å². The van der Waals surface area contributed by atoms with Gasteiger partial charge in [0, 0.05) is 12.2 Å². The minimum Gasteiger partial charge on any atom is -0.368 e. The minimum atomic E-state index is -0.550. The van der Waals surface area contributed by atoms with Crippen molar-refractivity contribution in [3.8, 4) is 0 Å². The molecule has 6 nitrogen and oxygen atoms in total. The summed E-state index contributed by atoms with van der Waals surface area (Å²) in [4.78, 5) is 25.1. The van der Waals surface area contributed by atoms with E-state index in [1.165, 1.54) is 0 Å². The van der Waals surface area contributed by atoms with Gasteiger partial charge >= 0.3 is 0 Å². The Labute approximate surface area is 136 Å². The largest absolute Gasteiger partial charge is 0.368 e. The van der Waals surface area contributed by atoms with E-state index in [-0.39, 0.29) is 30.3 Å². The second-order valence-electron chi connectivity index (χ2n) is 5.51. The summed E-state index contributed by atoms with van der Waals surface area (Å²) in [6.45, 7) is 3.15. The van der Waals surface area contributed by atoms with Gasteiger partial charge < -0.3 is 16.8 Å². The second kappa shape index (κ2) is 8.12. The molecule has 1 fully saturated rings. The predicted molar refractivity (Wildman–Crippen MR) is 88.6 cm³/mol. The normalized spacial score (nSPS) is 19.3. The van der Waals surface area contributed by atoms with Crippen LogP contribution in [-0.2, 0) is 16.1 Å². The monoisotopic (exact) mass is 326 g/mol. The van der Waals surface area contributed by atoms with Crippen molar-refractivity contribution in [2.75, 3.05) is 11.9 Å². The van der Waals surface area contributed by atoms with Gasteiger partial charge in [-0.3, -0.25) is 14.5 Å². The van der Waals surface area contributed by atoms with Crippen LogP contribution in [0.15, 0.2) is 24.3 Å². The molecule has 2 unspecified atom stereocenters. The number of likely N-dealkylation sites (tertiary alicyclic amines) is 1. The van der Waals surface area contributed by atoms with E-state index in [0.717, 1.165) is 24.9 Å². The summed E-state index contributed by atoms with van der Waals surface area (Å²) in [5.41, 5.74) is 12.7. The number of carbonyl (C=O) groups is 2. The number of nitrogens with two attached hydrogens (primary N) is 2. The Balaban J connectivity index is 0.00000242. The zero-order valence-corrected chi connectivity index (χ0v) is 13.4. The predicted octanol–water partition coefficient (Wildman–Crippen LogP) is 0.844. The third-order valence-electron chi connectivity index (χ3n) is 3.69. The van der Waals surface area contributed by atoms with Crippen molar-refractivity contribution >= 4 is 29.9 Å². The standard InChI is InChI=1S/C15H22N4O2.ClH/c1-10(16)15(21)18-12-5-2-4-11(8-12)9-19-7-3-6-13(19)14(17)20;/h2,4-5,8,10,13H,3,6-7,9,16H2,1H3,(H2,17,20)(H,18,21);1H. The van der Waals surface area contributed by atoms with Crippen molar-refractivity contribution in [1.82, 2.24) is 4.90 Å². The van der Waals surface area contributed by atoms with Gasteiger partial charge in [-0.05, 0) is 44.0 Å². The van der Waals surface area contributed by atoms with Gasteiger partial charge in [-0.1, -0.05) is 12.1 Å². The zero-order chi connectivity index (χ0) is 15.4. The minimum absolute atomic E-state index is 0. The maximum Gasteiger partial charge on any atom is 0.240 e. The fourth-order valence-electron chi connectivity index (χ4n) is 2.58. The van der Waals surface area contributed by atoms with Crippen LogP contribution in [0.5, 0.6) is 0 Å². The molecule has 0 aliphatic carbocycles. The Morgan fingerprint density at radius 1 is 1.45 bits per heavy atom. The molecule has 122 valence electrons. The molecule has 1 aromatic rings. The Bertz CT molecular complexity index is 536. The highest BCUT2D eigenvalue weighted by Crippen LogP contribution is 2.21. The highest BCUT2D eigenvalue weighted by atomic mass is 35.5. The Morgan fingerprint density at radius 2 is 2.18 bits per heavy atom. The third-order valence-corrected chi connectivity index (χ3v) is 3.69. The number of benzene rings is 1. The molecular formula is C15H23ClN4O2. The first-order valence-electron chi connectivity index (χ1n) is 7.16. The zero-order valence-electron chi connectivity index (χ0n) is 12.6. The van der Waals surface area contributed by atoms with Crippen molar-refractivity contribution in [3.05, 3.63) is 29.8 Å². The van der Waals surface area contributed by atoms with Gasteiger partial charge in [0.2, 0.25) is 11.8 Å². The molecular weight excluding hydrogens is 304 g/mol. The van der Waals surface area contributed by atoms with E-state index in [1.807, 2.05) is 24.3 Å². The van der Waals surface area contributed by atoms with Crippen LogP contribution < -0.4 is 16.8 Å². The average molecular weight is 327 g/mol. The second-order valence-corrected chi connectivity index (χ2v) is 5.51. The molecule has 2 atom stereocenters. The quantitative estimate of drug-likeness (QED) is 0.746. The number of hydrogen-bond donors (Lipinski definition) is 3. The lowest BCUT2D eigenvalue weighted by Crippen LogP contribution is -2.39. The number of amides is 2. The van der Waals surface area contributed by atoms with Crippen molar-refractivity contribution < 1.29 is 9.59 Å². The van der Waals surface area contributed by atoms with Crippen LogP contribution >= 0.6 is 12.4 Å². The number of nitrogens with zero attached hydrogens (tertiary/aromatic N) is 1. The molecule has 2 rings (SSSR count). The molecule has 0 saturated carbocycles. The molecule has 22 heavy (non-hydrogen) atoms. The van der Waals surface area contributed by atoms with Gasteiger partial charge in [-0.25, -0.2) is 0 Å². The van der Waals surface area contributed by atoms with Crippen LogP contribution in [0.2, 0.25) is 0 Å². The first-order valence-corrected chi connectivity index (χ1v) is 7.16. The first kappa shape index (κ1) is 18.4. The van der Waals surface area contributed by atoms with Gasteiger partial charge in [0.05, 0.1) is 12.1 Å². The van der Waals surface area contributed by atoms with Crippen LogP contribution in [0, 0.1) is 0 Å². The van der Waals surface area contributed by atoms with E-state index in [2.05, 4.69) is 10.2 Å². The summed E-state index contributed by atoms with van der Waals surface area (Å²) in [6, 6.07) is 6.83. The van der Waals surface area contributed by atoms with E-state index < -0.39 is 6.04 Å². The topological polar surface area (TPSA) is 101 Å². The molecule has 1 heterocycles. The lowest BCUT2D eigenvalue weighted by atomic mass is 10.1. The van der Waals surface area contributed by atoms with Gasteiger partial charge in [-0.2, -0.15) is 0 Å². The lowest BCUT2D eigenvalue weighted by Gasteiger charge is -2.22. The fraction of sp³-hybridized carbons (Fsp3) is 0.467. The van der Waals surface area contributed by atoms with E-state index >= 15 is 0 Å². The highest BCUT2D eigenvalue weighted by Gasteiger charge is 2.28. The maximum atomic E-state index is 11.6. The van der Waals surface area contributed by atoms with Gasteiger partial charge in [0.15, 0.2) is 0 Å². The summed E-state index contributed by atoms with van der Waals surface area (Å²) in [7, 11) is 0. The van der Waals surface area contributed by atoms with Crippen LogP contribution in [0.1, 0.15) is 25.3 Å². The van der Waals surface area contributed by atoms with Crippen molar-refractivity contribution in [3.63, 3.8) is 0 Å². The summed E-state index contributed by atoms with van der Waals surface area (Å²) in [5.74, 6) is -0.489. The summed E-state index contributed by atoms with van der Waals surface area (Å²) < 4.78 is 0. The van der Waals surface area contributed by atoms with E-state index in [0.29, 0.717) is 12.2 Å². The van der Waals surface area contributed by atoms with E-state index in [9.17, 15) is 9.59 Å². The van der Waals surface area contributed by atoms with E-state index in [1.54, 1.807) is 6.92 Å². The van der Waals surface area contributed by atoms with Crippen LogP contribution in [0.4, 0.5) is 5.69 Å². The molecule has 1 aliphatic heterocycles. The third kappa shape index (κ3) is 4.69.